The summed E-state index contributed by atoms with van der Waals surface area (Å²) < 4.78 is 1.97. The number of amides is 2. The molecule has 0 saturated carbocycles. The van der Waals surface area contributed by atoms with Crippen LogP contribution in [-0.4, -0.2) is 34.4 Å². The number of carbonyl (C=O) groups excluding carboxylic acids is 2. The zero-order chi connectivity index (χ0) is 12.4. The van der Waals surface area contributed by atoms with Crippen molar-refractivity contribution in [2.75, 3.05) is 7.05 Å². The van der Waals surface area contributed by atoms with Gasteiger partial charge in [-0.2, -0.15) is 0 Å². The molecule has 1 aliphatic rings. The molecule has 2 amide bonds. The number of hydrogen-bond acceptors (Lipinski definition) is 3. The van der Waals surface area contributed by atoms with Crippen LogP contribution in [-0.2, 0) is 23.2 Å². The van der Waals surface area contributed by atoms with Gasteiger partial charge < -0.3 is 9.88 Å². The summed E-state index contributed by atoms with van der Waals surface area (Å²) >= 11 is 0. The number of imide groups is 1. The molecule has 92 valence electrons. The first kappa shape index (κ1) is 11.9. The predicted octanol–water partition coefficient (Wildman–Crippen LogP) is 0.262. The van der Waals surface area contributed by atoms with Crippen LogP contribution in [0.2, 0.25) is 0 Å². The molecule has 0 spiro atoms. The van der Waals surface area contributed by atoms with Gasteiger partial charge in [0, 0.05) is 39.5 Å². The monoisotopic (exact) mass is 235 g/mol. The van der Waals surface area contributed by atoms with E-state index in [1.54, 1.807) is 7.05 Å². The Morgan fingerprint density at radius 3 is 2.82 bits per heavy atom. The predicted molar refractivity (Wildman–Crippen MR) is 63.1 cm³/mol. The Kier molecular flexibility index (Phi) is 3.28. The van der Waals surface area contributed by atoms with Gasteiger partial charge in [0.25, 0.3) is 0 Å². The number of nitrogens with one attached hydrogen (secondary N) is 1. The molecule has 1 unspecified atom stereocenters. The van der Waals surface area contributed by atoms with Crippen LogP contribution in [0.25, 0.3) is 0 Å². The Labute approximate surface area is 100 Å². The van der Waals surface area contributed by atoms with Crippen molar-refractivity contribution in [2.45, 2.75) is 25.4 Å². The number of nitrogens with zero attached hydrogens (tertiary/aromatic N) is 2. The van der Waals surface area contributed by atoms with E-state index in [4.69, 9.17) is 0 Å². The molecular weight excluding hydrogens is 218 g/mol. The van der Waals surface area contributed by atoms with Crippen molar-refractivity contribution in [3.8, 4) is 0 Å². The van der Waals surface area contributed by atoms with Crippen LogP contribution in [0.4, 0.5) is 0 Å². The molecule has 2 rings (SSSR count). The van der Waals surface area contributed by atoms with Gasteiger partial charge in [-0.05, 0) is 18.1 Å². The van der Waals surface area contributed by atoms with Crippen molar-refractivity contribution < 1.29 is 9.59 Å². The molecule has 1 aromatic rings. The van der Waals surface area contributed by atoms with Crippen molar-refractivity contribution in [3.63, 3.8) is 0 Å². The van der Waals surface area contributed by atoms with E-state index >= 15 is 0 Å². The number of hydrogen-bond donors (Lipinski definition) is 1. The van der Waals surface area contributed by atoms with Gasteiger partial charge in [0.15, 0.2) is 0 Å². The minimum Gasteiger partial charge on any atom is -0.357 e. The summed E-state index contributed by atoms with van der Waals surface area (Å²) in [4.78, 5) is 24.3. The lowest BCUT2D eigenvalue weighted by Gasteiger charge is -2.28. The van der Waals surface area contributed by atoms with Crippen LogP contribution in [0.15, 0.2) is 18.5 Å². The Morgan fingerprint density at radius 2 is 2.18 bits per heavy atom. The number of piperidine rings is 1. The molecule has 0 radical (unpaired) electrons. The summed E-state index contributed by atoms with van der Waals surface area (Å²) in [7, 11) is 3.50. The molecule has 1 atom stereocenters. The Hall–Kier alpha value is -1.62. The van der Waals surface area contributed by atoms with Crippen LogP contribution in [0.3, 0.4) is 0 Å². The van der Waals surface area contributed by atoms with E-state index in [0.29, 0.717) is 19.4 Å². The third kappa shape index (κ3) is 2.55. The van der Waals surface area contributed by atoms with Gasteiger partial charge in [-0.15, -0.1) is 0 Å². The number of carbonyl (C=O) groups is 2. The van der Waals surface area contributed by atoms with Gasteiger partial charge in [-0.1, -0.05) is 0 Å². The average Bonchev–Trinajstić information content (AvgIpc) is 2.71. The molecule has 5 heteroatoms. The normalized spacial score (nSPS) is 21.1. The van der Waals surface area contributed by atoms with Gasteiger partial charge >= 0.3 is 0 Å². The number of likely N-dealkylation sites (tertiary alicyclic amines) is 1. The summed E-state index contributed by atoms with van der Waals surface area (Å²) in [5.41, 5.74) is 1.14. The highest BCUT2D eigenvalue weighted by atomic mass is 16.2. The first-order chi connectivity index (χ1) is 8.08. The van der Waals surface area contributed by atoms with E-state index in [2.05, 4.69) is 5.32 Å². The van der Waals surface area contributed by atoms with Crippen molar-refractivity contribution in [1.29, 1.82) is 0 Å². The van der Waals surface area contributed by atoms with Gasteiger partial charge in [-0.25, -0.2) is 0 Å². The summed E-state index contributed by atoms with van der Waals surface area (Å²) in [6, 6.07) is 1.77. The molecule has 0 aliphatic carbocycles. The van der Waals surface area contributed by atoms with Crippen molar-refractivity contribution in [2.24, 2.45) is 7.05 Å². The third-order valence-electron chi connectivity index (χ3n) is 3.10. The number of aromatic nitrogens is 1. The Morgan fingerprint density at radius 1 is 1.41 bits per heavy atom. The van der Waals surface area contributed by atoms with E-state index in [1.807, 2.05) is 30.1 Å². The lowest BCUT2D eigenvalue weighted by Crippen LogP contribution is -2.51. The van der Waals surface area contributed by atoms with Crippen LogP contribution in [0, 0.1) is 0 Å². The van der Waals surface area contributed by atoms with Gasteiger partial charge in [0.2, 0.25) is 11.8 Å². The first-order valence-electron chi connectivity index (χ1n) is 5.72. The summed E-state index contributed by atoms with van der Waals surface area (Å²) in [5, 5.41) is 3.20. The van der Waals surface area contributed by atoms with Crippen LogP contribution < -0.4 is 5.32 Å². The second-order valence-electron chi connectivity index (χ2n) is 4.45. The van der Waals surface area contributed by atoms with Gasteiger partial charge in [-0.3, -0.25) is 14.5 Å². The molecule has 0 aromatic carbocycles. The fourth-order valence-corrected chi connectivity index (χ4v) is 2.01. The molecule has 2 heterocycles. The topological polar surface area (TPSA) is 54.3 Å². The molecule has 5 nitrogen and oxygen atoms in total. The van der Waals surface area contributed by atoms with Crippen LogP contribution in [0.1, 0.15) is 18.4 Å². The molecular formula is C12H17N3O2. The third-order valence-corrected chi connectivity index (χ3v) is 3.10. The van der Waals surface area contributed by atoms with Gasteiger partial charge in [0.1, 0.15) is 0 Å². The smallest absolute Gasteiger partial charge is 0.246 e. The molecule has 1 aliphatic heterocycles. The largest absolute Gasteiger partial charge is 0.357 e. The molecule has 1 N–H and O–H groups in total. The molecule has 1 fully saturated rings. The Balaban J connectivity index is 1.91. The highest BCUT2D eigenvalue weighted by Gasteiger charge is 2.31. The second kappa shape index (κ2) is 4.71. The molecule has 17 heavy (non-hydrogen) atoms. The zero-order valence-electron chi connectivity index (χ0n) is 10.1. The van der Waals surface area contributed by atoms with Crippen molar-refractivity contribution >= 4 is 11.8 Å². The summed E-state index contributed by atoms with van der Waals surface area (Å²) in [6.45, 7) is 0.652. The fraction of sp³-hybridized carbons (Fsp3) is 0.500. The Bertz CT molecular complexity index is 439. The van der Waals surface area contributed by atoms with E-state index in [0.717, 1.165) is 5.56 Å². The molecule has 0 bridgehead atoms. The number of aryl methyl sites for hydroxylation is 1. The maximum atomic E-state index is 11.8. The minimum absolute atomic E-state index is 0.0900. The fourth-order valence-electron chi connectivity index (χ4n) is 2.01. The van der Waals surface area contributed by atoms with Crippen molar-refractivity contribution in [1.82, 2.24) is 14.8 Å². The average molecular weight is 235 g/mol. The van der Waals surface area contributed by atoms with Gasteiger partial charge in [0.05, 0.1) is 6.04 Å². The second-order valence-corrected chi connectivity index (χ2v) is 4.45. The highest BCUT2D eigenvalue weighted by molar-refractivity contribution is 6.00. The summed E-state index contributed by atoms with van der Waals surface area (Å²) in [6.07, 6.45) is 5.01. The maximum absolute atomic E-state index is 11.8. The minimum atomic E-state index is -0.238. The van der Waals surface area contributed by atoms with E-state index in [9.17, 15) is 9.59 Å². The molecule has 1 saturated heterocycles. The highest BCUT2D eigenvalue weighted by Crippen LogP contribution is 2.12. The van der Waals surface area contributed by atoms with E-state index in [-0.39, 0.29) is 17.9 Å². The van der Waals surface area contributed by atoms with E-state index in [1.165, 1.54) is 4.90 Å². The lowest BCUT2D eigenvalue weighted by atomic mass is 10.0. The quantitative estimate of drug-likeness (QED) is 0.765. The van der Waals surface area contributed by atoms with E-state index < -0.39 is 0 Å². The van der Waals surface area contributed by atoms with Crippen LogP contribution in [0.5, 0.6) is 0 Å². The standard InChI is InChI=1S/C12H17N3O2/c1-14-6-5-9(8-14)7-13-10-3-4-11(16)15(2)12(10)17/h5-6,8,10,13H,3-4,7H2,1-2H3. The summed E-state index contributed by atoms with van der Waals surface area (Å²) in [5.74, 6) is -0.218. The SMILES string of the molecule is CN1C(=O)CCC(NCc2ccn(C)c2)C1=O. The number of rotatable bonds is 3. The lowest BCUT2D eigenvalue weighted by molar-refractivity contribution is -0.148. The zero-order valence-corrected chi connectivity index (χ0v) is 10.1. The maximum Gasteiger partial charge on any atom is 0.246 e. The van der Waals surface area contributed by atoms with Crippen molar-refractivity contribution in [3.05, 3.63) is 24.0 Å². The molecule has 1 aromatic heterocycles. The van der Waals surface area contributed by atoms with Crippen LogP contribution >= 0.6 is 0 Å². The first-order valence-corrected chi connectivity index (χ1v) is 5.72. The number of likely N-dealkylation sites (N-methyl/N-ethyl adjacent to an activating group) is 1.